The number of carbonyl (C=O) groups is 2. The van der Waals surface area contributed by atoms with E-state index in [0.29, 0.717) is 12.5 Å². The summed E-state index contributed by atoms with van der Waals surface area (Å²) in [5, 5.41) is 6.47. The molecule has 1 heterocycles. The number of nitrogens with one attached hydrogen (secondary N) is 2. The first-order chi connectivity index (χ1) is 18.0. The zero-order chi connectivity index (χ0) is 28.3. The van der Waals surface area contributed by atoms with Crippen molar-refractivity contribution in [1.82, 2.24) is 15.5 Å². The van der Waals surface area contributed by atoms with Gasteiger partial charge in [-0.05, 0) is 50.8 Å². The maximum absolute atomic E-state index is 13.5. The number of amides is 2. The monoisotopic (exact) mass is 533 g/mol. The molecule has 2 aromatic rings. The van der Waals surface area contributed by atoms with Gasteiger partial charge in [-0.15, -0.1) is 0 Å². The summed E-state index contributed by atoms with van der Waals surface area (Å²) in [7, 11) is 1.97. The SMILES string of the molecule is CC.CC(F)(F)F.CNC1CCN(C(=O)[C@H](Cc2ccccc2)NC(=O)C2(c3ccc(C)cc3)CC2)CC1. The van der Waals surface area contributed by atoms with Gasteiger partial charge in [-0.1, -0.05) is 74.0 Å². The highest BCUT2D eigenvalue weighted by atomic mass is 19.4. The van der Waals surface area contributed by atoms with E-state index in [1.165, 1.54) is 5.56 Å². The van der Waals surface area contributed by atoms with Crippen molar-refractivity contribution in [2.75, 3.05) is 20.1 Å². The second kappa shape index (κ2) is 14.3. The molecule has 0 unspecified atom stereocenters. The number of benzene rings is 2. The minimum atomic E-state index is -4.00. The maximum atomic E-state index is 13.5. The number of halogens is 3. The number of rotatable bonds is 7. The largest absolute Gasteiger partial charge is 0.386 e. The molecular weight excluding hydrogens is 491 g/mol. The van der Waals surface area contributed by atoms with Crippen LogP contribution >= 0.6 is 0 Å². The Morgan fingerprint density at radius 3 is 2.00 bits per heavy atom. The van der Waals surface area contributed by atoms with Crippen LogP contribution in [0.5, 0.6) is 0 Å². The minimum absolute atomic E-state index is 0.0178. The van der Waals surface area contributed by atoms with E-state index in [0.717, 1.165) is 49.9 Å². The van der Waals surface area contributed by atoms with E-state index in [9.17, 15) is 22.8 Å². The number of piperidine rings is 1. The number of aryl methyl sites for hydroxylation is 1. The number of alkyl halides is 3. The van der Waals surface area contributed by atoms with E-state index in [-0.39, 0.29) is 18.7 Å². The standard InChI is InChI=1S/C26H33N3O2.C2H3F3.C2H6/c1-19-8-10-21(11-9-19)26(14-15-26)25(31)28-23(18-20-6-4-3-5-7-20)24(30)29-16-12-22(27-2)13-17-29;1-2(3,4)5;1-2/h3-11,22-23,27H,12-18H2,1-2H3,(H,28,31);1H3;1-2H3/t23-;;/m0../s1. The van der Waals surface area contributed by atoms with Crippen molar-refractivity contribution in [3.05, 3.63) is 71.3 Å². The third kappa shape index (κ3) is 9.46. The zero-order valence-electron chi connectivity index (χ0n) is 23.2. The quantitative estimate of drug-likeness (QED) is 0.490. The average Bonchev–Trinajstić information content (AvgIpc) is 3.71. The molecule has 2 aliphatic rings. The van der Waals surface area contributed by atoms with E-state index in [2.05, 4.69) is 41.8 Å². The van der Waals surface area contributed by atoms with Crippen LogP contribution in [0.4, 0.5) is 13.2 Å². The molecule has 2 fully saturated rings. The molecule has 1 saturated carbocycles. The van der Waals surface area contributed by atoms with Gasteiger partial charge in [0.25, 0.3) is 0 Å². The molecule has 8 heteroatoms. The van der Waals surface area contributed by atoms with Gasteiger partial charge < -0.3 is 15.5 Å². The Morgan fingerprint density at radius 1 is 1.00 bits per heavy atom. The predicted octanol–water partition coefficient (Wildman–Crippen LogP) is 5.56. The Hall–Kier alpha value is -2.87. The Labute approximate surface area is 225 Å². The Bertz CT molecular complexity index is 992. The molecule has 0 aromatic heterocycles. The van der Waals surface area contributed by atoms with Crippen molar-refractivity contribution in [1.29, 1.82) is 0 Å². The third-order valence-electron chi connectivity index (χ3n) is 6.89. The summed E-state index contributed by atoms with van der Waals surface area (Å²) in [5.74, 6) is 0.0159. The summed E-state index contributed by atoms with van der Waals surface area (Å²) in [6.45, 7) is 7.70. The van der Waals surface area contributed by atoms with Gasteiger partial charge >= 0.3 is 6.18 Å². The highest BCUT2D eigenvalue weighted by Gasteiger charge is 2.52. The molecule has 2 N–H and O–H groups in total. The zero-order valence-corrected chi connectivity index (χ0v) is 23.2. The molecule has 2 amide bonds. The van der Waals surface area contributed by atoms with Gasteiger partial charge in [0.05, 0.1) is 5.41 Å². The van der Waals surface area contributed by atoms with Crippen LogP contribution in [0.15, 0.2) is 54.6 Å². The Balaban J connectivity index is 0.000000651. The number of hydrogen-bond acceptors (Lipinski definition) is 3. The van der Waals surface area contributed by atoms with Crippen LogP contribution in [0.25, 0.3) is 0 Å². The number of carbonyl (C=O) groups excluding carboxylic acids is 2. The van der Waals surface area contributed by atoms with Crippen LogP contribution in [0.2, 0.25) is 0 Å². The van der Waals surface area contributed by atoms with Crippen molar-refractivity contribution in [2.24, 2.45) is 0 Å². The molecule has 0 spiro atoms. The van der Waals surface area contributed by atoms with Crippen LogP contribution in [-0.4, -0.2) is 55.1 Å². The lowest BCUT2D eigenvalue weighted by molar-refractivity contribution is -0.138. The average molecular weight is 534 g/mol. The van der Waals surface area contributed by atoms with Gasteiger partial charge in [0.2, 0.25) is 11.8 Å². The summed E-state index contributed by atoms with van der Waals surface area (Å²) in [6.07, 6.45) is 0.0772. The lowest BCUT2D eigenvalue weighted by Gasteiger charge is -2.34. The fraction of sp³-hybridized carbons (Fsp3) is 0.533. The first kappa shape index (κ1) is 31.3. The summed E-state index contributed by atoms with van der Waals surface area (Å²) in [5.41, 5.74) is 2.81. The highest BCUT2D eigenvalue weighted by molar-refractivity contribution is 5.95. The second-order valence-electron chi connectivity index (χ2n) is 9.83. The number of nitrogens with zero attached hydrogens (tertiary/aromatic N) is 1. The maximum Gasteiger partial charge on any atom is 0.386 e. The van der Waals surface area contributed by atoms with Crippen LogP contribution < -0.4 is 10.6 Å². The van der Waals surface area contributed by atoms with Gasteiger partial charge in [-0.25, -0.2) is 0 Å². The molecule has 0 bridgehead atoms. The van der Waals surface area contributed by atoms with E-state index in [1.807, 2.05) is 56.1 Å². The molecule has 4 rings (SSSR count). The van der Waals surface area contributed by atoms with Gasteiger partial charge in [-0.2, -0.15) is 13.2 Å². The summed E-state index contributed by atoms with van der Waals surface area (Å²) < 4.78 is 31.1. The molecule has 1 atom stereocenters. The van der Waals surface area contributed by atoms with Crippen molar-refractivity contribution in [2.45, 2.75) is 83.5 Å². The first-order valence-electron chi connectivity index (χ1n) is 13.5. The van der Waals surface area contributed by atoms with Gasteiger partial charge in [0, 0.05) is 32.5 Å². The lowest BCUT2D eigenvalue weighted by atomic mass is 9.93. The number of likely N-dealkylation sites (tertiary alicyclic amines) is 1. The molecule has 1 aliphatic heterocycles. The smallest absolute Gasteiger partial charge is 0.343 e. The van der Waals surface area contributed by atoms with E-state index < -0.39 is 17.6 Å². The van der Waals surface area contributed by atoms with Crippen LogP contribution in [-0.2, 0) is 21.4 Å². The van der Waals surface area contributed by atoms with Crippen molar-refractivity contribution < 1.29 is 22.8 Å². The highest BCUT2D eigenvalue weighted by Crippen LogP contribution is 2.48. The molecule has 5 nitrogen and oxygen atoms in total. The van der Waals surface area contributed by atoms with E-state index in [4.69, 9.17) is 0 Å². The van der Waals surface area contributed by atoms with Crippen LogP contribution in [0.3, 0.4) is 0 Å². The van der Waals surface area contributed by atoms with Gasteiger partial charge in [-0.3, -0.25) is 9.59 Å². The summed E-state index contributed by atoms with van der Waals surface area (Å²) >= 11 is 0. The summed E-state index contributed by atoms with van der Waals surface area (Å²) in [6, 6.07) is 18.1. The molecule has 38 heavy (non-hydrogen) atoms. The van der Waals surface area contributed by atoms with Crippen LogP contribution in [0.1, 0.15) is 63.1 Å². The number of hydrogen-bond donors (Lipinski definition) is 2. The lowest BCUT2D eigenvalue weighted by Crippen LogP contribution is -2.54. The molecule has 2 aromatic carbocycles. The van der Waals surface area contributed by atoms with Crippen molar-refractivity contribution >= 4 is 11.8 Å². The Kier molecular flexibility index (Phi) is 11.8. The first-order valence-corrected chi connectivity index (χ1v) is 13.5. The predicted molar refractivity (Wildman–Crippen MR) is 146 cm³/mol. The van der Waals surface area contributed by atoms with E-state index in [1.54, 1.807) is 0 Å². The molecule has 0 radical (unpaired) electrons. The van der Waals surface area contributed by atoms with Crippen molar-refractivity contribution in [3.63, 3.8) is 0 Å². The Morgan fingerprint density at radius 2 is 1.53 bits per heavy atom. The molecular formula is C30H42F3N3O2. The minimum Gasteiger partial charge on any atom is -0.343 e. The van der Waals surface area contributed by atoms with Gasteiger partial charge in [0.1, 0.15) is 6.04 Å². The fourth-order valence-electron chi connectivity index (χ4n) is 4.60. The topological polar surface area (TPSA) is 61.4 Å². The fourth-order valence-corrected chi connectivity index (χ4v) is 4.60. The molecule has 1 aliphatic carbocycles. The summed E-state index contributed by atoms with van der Waals surface area (Å²) in [4.78, 5) is 28.8. The van der Waals surface area contributed by atoms with Crippen LogP contribution in [0, 0.1) is 6.92 Å². The van der Waals surface area contributed by atoms with E-state index >= 15 is 0 Å². The molecule has 1 saturated heterocycles. The third-order valence-corrected chi connectivity index (χ3v) is 6.89. The normalized spacial score (nSPS) is 17.2. The van der Waals surface area contributed by atoms with Crippen molar-refractivity contribution in [3.8, 4) is 0 Å². The van der Waals surface area contributed by atoms with Gasteiger partial charge in [0.15, 0.2) is 0 Å². The second-order valence-corrected chi connectivity index (χ2v) is 9.83. The molecule has 210 valence electrons.